The largest absolute Gasteiger partial charge is 0.394 e. The minimum absolute atomic E-state index is 0.00398. The number of rotatable bonds is 41. The van der Waals surface area contributed by atoms with Crippen LogP contribution in [-0.4, -0.2) is 207 Å². The highest BCUT2D eigenvalue weighted by Crippen LogP contribution is 2.22. The summed E-state index contributed by atoms with van der Waals surface area (Å²) in [7, 11) is 0. The molecule has 1 fully saturated rings. The molecule has 1 aliphatic rings. The van der Waals surface area contributed by atoms with E-state index in [0.717, 1.165) is 12.8 Å². The van der Waals surface area contributed by atoms with Crippen LogP contribution in [0.5, 0.6) is 0 Å². The molecule has 344 valence electrons. The van der Waals surface area contributed by atoms with E-state index in [4.69, 9.17) is 58.6 Å². The van der Waals surface area contributed by atoms with E-state index in [2.05, 4.69) is 20.7 Å². The van der Waals surface area contributed by atoms with Gasteiger partial charge in [-0.3, -0.25) is 14.4 Å². The maximum atomic E-state index is 12.8. The van der Waals surface area contributed by atoms with Crippen LogP contribution < -0.4 is 16.4 Å². The first kappa shape index (κ1) is 54.2. The molecule has 3 amide bonds. The van der Waals surface area contributed by atoms with Gasteiger partial charge < -0.3 is 84.2 Å². The van der Waals surface area contributed by atoms with Gasteiger partial charge in [-0.15, -0.1) is 0 Å². The molecule has 0 aliphatic carbocycles. The zero-order chi connectivity index (χ0) is 43.2. The van der Waals surface area contributed by atoms with E-state index in [9.17, 15) is 34.8 Å². The van der Waals surface area contributed by atoms with Gasteiger partial charge in [0.05, 0.1) is 112 Å². The van der Waals surface area contributed by atoms with E-state index >= 15 is 0 Å². The molecule has 1 aliphatic heterocycles. The van der Waals surface area contributed by atoms with E-state index < -0.39 is 61.1 Å². The lowest BCUT2D eigenvalue weighted by Crippen LogP contribution is -2.59. The third kappa shape index (κ3) is 29.9. The fourth-order valence-corrected chi connectivity index (χ4v) is 5.10. The van der Waals surface area contributed by atoms with Gasteiger partial charge >= 0.3 is 0 Å². The topological polar surface area (TPSA) is 323 Å². The number of carbonyl (C=O) groups is 3. The molecule has 0 radical (unpaired) electrons. The lowest BCUT2D eigenvalue weighted by molar-refractivity contribution is -0.301. The van der Waals surface area contributed by atoms with Crippen LogP contribution in [0.25, 0.3) is 10.4 Å². The number of azide groups is 1. The second kappa shape index (κ2) is 38.1. The van der Waals surface area contributed by atoms with Crippen molar-refractivity contribution in [3.8, 4) is 0 Å². The molecule has 0 bridgehead atoms. The normalized spacial score (nSPS) is 19.6. The second-order valence-electron chi connectivity index (χ2n) is 13.0. The zero-order valence-corrected chi connectivity index (χ0v) is 34.1. The number of unbranched alkanes of at least 4 members (excludes halogenated alkanes) is 3. The average molecular weight is 857 g/mol. The molecular formula is C36H68N6O17. The number of ether oxygens (including phenoxy) is 10. The van der Waals surface area contributed by atoms with Gasteiger partial charge in [0.1, 0.15) is 30.5 Å². The van der Waals surface area contributed by atoms with Gasteiger partial charge in [-0.1, -0.05) is 18.0 Å². The van der Waals surface area contributed by atoms with Crippen LogP contribution in [-0.2, 0) is 61.8 Å². The highest BCUT2D eigenvalue weighted by molar-refractivity contribution is 5.88. The predicted molar refractivity (Wildman–Crippen MR) is 207 cm³/mol. The molecule has 1 saturated heterocycles. The fraction of sp³-hybridized carbons (Fsp3) is 0.917. The van der Waals surface area contributed by atoms with E-state index in [1.165, 1.54) is 0 Å². The van der Waals surface area contributed by atoms with Gasteiger partial charge in [0.25, 0.3) is 0 Å². The maximum Gasteiger partial charge on any atom is 0.242 e. The third-order valence-corrected chi connectivity index (χ3v) is 8.31. The Morgan fingerprint density at radius 2 is 1.15 bits per heavy atom. The van der Waals surface area contributed by atoms with Gasteiger partial charge in [-0.25, -0.2) is 0 Å². The van der Waals surface area contributed by atoms with Crippen LogP contribution >= 0.6 is 0 Å². The van der Waals surface area contributed by atoms with Crippen LogP contribution in [0.4, 0.5) is 0 Å². The molecule has 0 aromatic carbocycles. The van der Waals surface area contributed by atoms with Crippen molar-refractivity contribution < 1.29 is 82.2 Å². The Hall–Kier alpha value is -2.84. The Bertz CT molecular complexity index is 1110. The molecule has 0 spiro atoms. The second-order valence-corrected chi connectivity index (χ2v) is 13.0. The number of primary amides is 1. The summed E-state index contributed by atoms with van der Waals surface area (Å²) in [6.45, 7) is 6.46. The molecule has 0 aromatic rings. The first-order valence-electron chi connectivity index (χ1n) is 20.1. The number of aliphatic hydroxyl groups is 4. The van der Waals surface area contributed by atoms with Crippen LogP contribution in [0.1, 0.15) is 44.9 Å². The van der Waals surface area contributed by atoms with Crippen molar-refractivity contribution in [3.63, 3.8) is 0 Å². The molecular weight excluding hydrogens is 788 g/mol. The van der Waals surface area contributed by atoms with E-state index in [0.29, 0.717) is 118 Å². The molecule has 59 heavy (non-hydrogen) atoms. The van der Waals surface area contributed by atoms with Crippen molar-refractivity contribution in [2.24, 2.45) is 10.8 Å². The van der Waals surface area contributed by atoms with Gasteiger partial charge in [0.2, 0.25) is 17.7 Å². The zero-order valence-electron chi connectivity index (χ0n) is 34.1. The number of nitrogens with zero attached hydrogens (tertiary/aromatic N) is 3. The number of aliphatic hydroxyl groups excluding tert-OH is 4. The van der Waals surface area contributed by atoms with Gasteiger partial charge in [0, 0.05) is 37.4 Å². The molecule has 3 unspecified atom stereocenters. The van der Waals surface area contributed by atoms with Crippen molar-refractivity contribution in [2.75, 3.05) is 132 Å². The van der Waals surface area contributed by atoms with Crippen molar-refractivity contribution in [2.45, 2.75) is 81.7 Å². The quantitative estimate of drug-likeness (QED) is 0.0152. The molecule has 6 atom stereocenters. The summed E-state index contributed by atoms with van der Waals surface area (Å²) in [4.78, 5) is 39.2. The van der Waals surface area contributed by atoms with Crippen LogP contribution in [0.3, 0.4) is 0 Å². The first-order valence-corrected chi connectivity index (χ1v) is 20.1. The molecule has 23 heteroatoms. The molecule has 0 saturated carbocycles. The number of hydrogen-bond donors (Lipinski definition) is 7. The summed E-state index contributed by atoms with van der Waals surface area (Å²) in [5.41, 5.74) is 13.4. The Morgan fingerprint density at radius 1 is 0.661 bits per heavy atom. The van der Waals surface area contributed by atoms with Gasteiger partial charge in [0.15, 0.2) is 6.29 Å². The fourth-order valence-electron chi connectivity index (χ4n) is 5.10. The van der Waals surface area contributed by atoms with Crippen molar-refractivity contribution in [3.05, 3.63) is 10.4 Å². The Morgan fingerprint density at radius 3 is 1.64 bits per heavy atom. The average Bonchev–Trinajstić information content (AvgIpc) is 3.22. The number of hydrogen-bond acceptors (Lipinski definition) is 18. The summed E-state index contributed by atoms with van der Waals surface area (Å²) in [5.74, 6) is -1.44. The first-order chi connectivity index (χ1) is 28.7. The van der Waals surface area contributed by atoms with E-state index in [1.54, 1.807) is 0 Å². The Labute approximate surface area is 345 Å². The molecule has 23 nitrogen and oxygen atoms in total. The Kier molecular flexibility index (Phi) is 35.0. The van der Waals surface area contributed by atoms with Crippen molar-refractivity contribution in [1.29, 1.82) is 0 Å². The van der Waals surface area contributed by atoms with Crippen LogP contribution in [0.15, 0.2) is 5.11 Å². The number of amides is 3. The highest BCUT2D eigenvalue weighted by atomic mass is 16.7. The van der Waals surface area contributed by atoms with Gasteiger partial charge in [-0.05, 0) is 24.8 Å². The molecule has 0 aromatic heterocycles. The summed E-state index contributed by atoms with van der Waals surface area (Å²) < 4.78 is 54.0. The molecule has 1 rings (SSSR count). The SMILES string of the molecule is [N-]=[N+]=NCCOCCOCCOCCOCCOCCOCCOCCOCCC(=O)NC(CCC(N)=O)C(=O)NCCCCCCO[C@H]1O[C@H](CO)[C@@H](O)C(O)C1O. The summed E-state index contributed by atoms with van der Waals surface area (Å²) in [6.07, 6.45) is -3.95. The maximum absolute atomic E-state index is 12.8. The minimum atomic E-state index is -1.50. The van der Waals surface area contributed by atoms with Gasteiger partial charge in [-0.2, -0.15) is 0 Å². The molecule has 1 heterocycles. The Balaban J connectivity index is 1.97. The number of carbonyl (C=O) groups excluding carboxylic acids is 3. The van der Waals surface area contributed by atoms with Crippen LogP contribution in [0, 0.1) is 0 Å². The van der Waals surface area contributed by atoms with E-state index in [1.807, 2.05) is 0 Å². The van der Waals surface area contributed by atoms with E-state index in [-0.39, 0.29) is 39.1 Å². The molecule has 8 N–H and O–H groups in total. The summed E-state index contributed by atoms with van der Waals surface area (Å²) >= 11 is 0. The monoisotopic (exact) mass is 856 g/mol. The third-order valence-electron chi connectivity index (χ3n) is 8.31. The number of nitrogens with two attached hydrogens (primary N) is 1. The standard InChI is InChI=1S/C36H68N6O17/c37-30(44)6-5-28(35(49)39-8-3-1-2-4-10-58-36-34(48)33(47)32(46)29(27-43)59-36)41-31(45)7-11-50-13-15-52-17-19-54-21-23-56-25-26-57-24-22-55-20-18-53-16-14-51-12-9-40-42-38/h28-29,32-34,36,43,46-48H,1-27H2,(H2,37,44)(H,39,49)(H,41,45)/t28?,29-,32-,33?,34?,36+/m1/s1. The summed E-state index contributed by atoms with van der Waals surface area (Å²) in [5, 5.41) is 47.7. The highest BCUT2D eigenvalue weighted by Gasteiger charge is 2.43. The lowest BCUT2D eigenvalue weighted by atomic mass is 9.99. The van der Waals surface area contributed by atoms with Crippen molar-refractivity contribution in [1.82, 2.24) is 10.6 Å². The smallest absolute Gasteiger partial charge is 0.242 e. The number of nitrogens with one attached hydrogen (secondary N) is 2. The summed E-state index contributed by atoms with van der Waals surface area (Å²) in [6, 6.07) is -0.936. The van der Waals surface area contributed by atoms with Crippen LogP contribution in [0.2, 0.25) is 0 Å². The lowest BCUT2D eigenvalue weighted by Gasteiger charge is -2.39. The predicted octanol–water partition coefficient (Wildman–Crippen LogP) is -1.94. The van der Waals surface area contributed by atoms with Crippen molar-refractivity contribution >= 4 is 17.7 Å². The minimum Gasteiger partial charge on any atom is -0.394 e.